The van der Waals surface area contributed by atoms with Gasteiger partial charge in [-0.3, -0.25) is 9.59 Å². The summed E-state index contributed by atoms with van der Waals surface area (Å²) in [5.74, 6) is -0.277. The average Bonchev–Trinajstić information content (AvgIpc) is 3.53. The summed E-state index contributed by atoms with van der Waals surface area (Å²) in [5.41, 5.74) is 4.16. The van der Waals surface area contributed by atoms with Crippen LogP contribution in [0.15, 0.2) is 67.0 Å². The van der Waals surface area contributed by atoms with Crippen molar-refractivity contribution >= 4 is 28.5 Å². The third-order valence-corrected chi connectivity index (χ3v) is 6.42. The van der Waals surface area contributed by atoms with Gasteiger partial charge in [0.2, 0.25) is 0 Å². The van der Waals surface area contributed by atoms with E-state index in [1.54, 1.807) is 16.7 Å². The van der Waals surface area contributed by atoms with Crippen LogP contribution < -0.4 is 10.6 Å². The Balaban J connectivity index is 1.33. The molecule has 8 nitrogen and oxygen atoms in total. The highest BCUT2D eigenvalue weighted by Crippen LogP contribution is 2.28. The molecule has 178 valence electrons. The van der Waals surface area contributed by atoms with E-state index in [1.807, 2.05) is 55.6 Å². The molecule has 0 saturated carbocycles. The lowest BCUT2D eigenvalue weighted by Crippen LogP contribution is -2.34. The smallest absolute Gasteiger partial charge is 0.268 e. The summed E-state index contributed by atoms with van der Waals surface area (Å²) in [5, 5.41) is 6.75. The number of likely N-dealkylation sites (tertiary alicyclic amines) is 1. The van der Waals surface area contributed by atoms with E-state index in [4.69, 9.17) is 0 Å². The van der Waals surface area contributed by atoms with Gasteiger partial charge in [-0.1, -0.05) is 30.3 Å². The Morgan fingerprint density at radius 1 is 0.943 bits per heavy atom. The molecule has 2 amide bonds. The Kier molecular flexibility index (Phi) is 6.54. The first kappa shape index (κ1) is 22.7. The molecule has 5 rings (SSSR count). The number of carbonyl (C=O) groups is 2. The number of benzene rings is 2. The lowest BCUT2D eigenvalue weighted by Gasteiger charge is -2.14. The number of aryl methyl sites for hydroxylation is 1. The number of fused-ring (bicyclic) bond motifs is 1. The summed E-state index contributed by atoms with van der Waals surface area (Å²) in [6.07, 6.45) is 3.98. The molecule has 35 heavy (non-hydrogen) atoms. The van der Waals surface area contributed by atoms with E-state index < -0.39 is 0 Å². The number of aromatic nitrogens is 3. The van der Waals surface area contributed by atoms with Crippen molar-refractivity contribution < 1.29 is 9.59 Å². The lowest BCUT2D eigenvalue weighted by molar-refractivity contribution is 0.0941. The van der Waals surface area contributed by atoms with Crippen molar-refractivity contribution in [2.45, 2.75) is 12.8 Å². The zero-order valence-corrected chi connectivity index (χ0v) is 19.7. The Morgan fingerprint density at radius 3 is 2.43 bits per heavy atom. The van der Waals surface area contributed by atoms with Crippen molar-refractivity contribution in [3.8, 4) is 11.3 Å². The highest BCUT2D eigenvalue weighted by molar-refractivity contribution is 6.04. The molecule has 0 aliphatic carbocycles. The van der Waals surface area contributed by atoms with Crippen LogP contribution in [0.1, 0.15) is 33.7 Å². The molecule has 0 bridgehead atoms. The standard InChI is InChI=1S/C27H28N6O2/c1-32-23(27(35)28-13-16-33-14-5-6-15-33)17-22-24(29-18-30-25(22)32)19-9-11-21(12-10-19)31-26(34)20-7-3-2-4-8-20/h2-4,7-12,17-18H,5-6,13-16H2,1H3,(H,28,35)(H,31,34). The summed E-state index contributed by atoms with van der Waals surface area (Å²) in [4.78, 5) is 36.6. The first-order valence-corrected chi connectivity index (χ1v) is 11.9. The maximum atomic E-state index is 12.9. The van der Waals surface area contributed by atoms with E-state index in [-0.39, 0.29) is 11.8 Å². The molecule has 1 aliphatic rings. The first-order chi connectivity index (χ1) is 17.1. The van der Waals surface area contributed by atoms with Gasteiger partial charge >= 0.3 is 0 Å². The van der Waals surface area contributed by atoms with Crippen molar-refractivity contribution in [1.82, 2.24) is 24.8 Å². The lowest BCUT2D eigenvalue weighted by atomic mass is 10.1. The summed E-state index contributed by atoms with van der Waals surface area (Å²) in [6.45, 7) is 3.71. The predicted molar refractivity (Wildman–Crippen MR) is 136 cm³/mol. The van der Waals surface area contributed by atoms with Crippen molar-refractivity contribution in [3.05, 3.63) is 78.2 Å². The third kappa shape index (κ3) is 4.93. The molecular weight excluding hydrogens is 440 g/mol. The van der Waals surface area contributed by atoms with Crippen LogP contribution in [0, 0.1) is 0 Å². The maximum Gasteiger partial charge on any atom is 0.268 e. The number of rotatable bonds is 7. The number of carbonyl (C=O) groups excluding carboxylic acids is 2. The van der Waals surface area contributed by atoms with Crippen LogP contribution in [0.3, 0.4) is 0 Å². The average molecular weight is 469 g/mol. The molecule has 2 N–H and O–H groups in total. The molecule has 0 atom stereocenters. The van der Waals surface area contributed by atoms with E-state index in [9.17, 15) is 9.59 Å². The van der Waals surface area contributed by atoms with Crippen molar-refractivity contribution in [2.24, 2.45) is 7.05 Å². The van der Waals surface area contributed by atoms with Gasteiger partial charge in [-0.05, 0) is 56.3 Å². The largest absolute Gasteiger partial charge is 0.349 e. The Bertz CT molecular complexity index is 1340. The monoisotopic (exact) mass is 468 g/mol. The van der Waals surface area contributed by atoms with Gasteiger partial charge in [0.15, 0.2) is 0 Å². The van der Waals surface area contributed by atoms with Gasteiger partial charge in [0.25, 0.3) is 11.8 Å². The van der Waals surface area contributed by atoms with Gasteiger partial charge in [0, 0.05) is 42.3 Å². The number of hydrogen-bond acceptors (Lipinski definition) is 5. The fourth-order valence-electron chi connectivity index (χ4n) is 4.51. The van der Waals surface area contributed by atoms with Crippen LogP contribution in [-0.4, -0.2) is 57.4 Å². The fourth-order valence-corrected chi connectivity index (χ4v) is 4.51. The van der Waals surface area contributed by atoms with Crippen LogP contribution >= 0.6 is 0 Å². The predicted octanol–water partition coefficient (Wildman–Crippen LogP) is 3.71. The van der Waals surface area contributed by atoms with Gasteiger partial charge in [-0.2, -0.15) is 0 Å². The van der Waals surface area contributed by atoms with Gasteiger partial charge in [-0.25, -0.2) is 9.97 Å². The highest BCUT2D eigenvalue weighted by atomic mass is 16.2. The second kappa shape index (κ2) is 10.1. The normalized spacial score (nSPS) is 13.7. The summed E-state index contributed by atoms with van der Waals surface area (Å²) in [6, 6.07) is 18.4. The summed E-state index contributed by atoms with van der Waals surface area (Å²) >= 11 is 0. The molecule has 4 aromatic rings. The van der Waals surface area contributed by atoms with E-state index in [0.717, 1.165) is 36.3 Å². The molecule has 8 heteroatoms. The van der Waals surface area contributed by atoms with Crippen LogP contribution in [0.25, 0.3) is 22.3 Å². The number of anilines is 1. The Labute approximate surface area is 204 Å². The van der Waals surface area contributed by atoms with E-state index in [2.05, 4.69) is 25.5 Å². The van der Waals surface area contributed by atoms with E-state index in [1.165, 1.54) is 19.2 Å². The van der Waals surface area contributed by atoms with Crippen LogP contribution in [0.2, 0.25) is 0 Å². The van der Waals surface area contributed by atoms with Crippen LogP contribution in [0.4, 0.5) is 5.69 Å². The van der Waals surface area contributed by atoms with Gasteiger partial charge < -0.3 is 20.1 Å². The molecule has 1 aliphatic heterocycles. The Morgan fingerprint density at radius 2 is 1.69 bits per heavy atom. The quantitative estimate of drug-likeness (QED) is 0.431. The Hall–Kier alpha value is -4.04. The second-order valence-electron chi connectivity index (χ2n) is 8.75. The minimum absolute atomic E-state index is 0.116. The zero-order valence-electron chi connectivity index (χ0n) is 19.7. The van der Waals surface area contributed by atoms with Gasteiger partial charge in [0.05, 0.1) is 5.69 Å². The van der Waals surface area contributed by atoms with Gasteiger partial charge in [0.1, 0.15) is 17.7 Å². The van der Waals surface area contributed by atoms with Crippen molar-refractivity contribution in [1.29, 1.82) is 0 Å². The second-order valence-corrected chi connectivity index (χ2v) is 8.75. The molecule has 2 aromatic carbocycles. The molecule has 0 spiro atoms. The van der Waals surface area contributed by atoms with E-state index in [0.29, 0.717) is 29.1 Å². The molecule has 0 unspecified atom stereocenters. The van der Waals surface area contributed by atoms with Crippen LogP contribution in [-0.2, 0) is 7.05 Å². The summed E-state index contributed by atoms with van der Waals surface area (Å²) in [7, 11) is 1.84. The fraction of sp³-hybridized carbons (Fsp3) is 0.259. The molecule has 0 radical (unpaired) electrons. The van der Waals surface area contributed by atoms with Gasteiger partial charge in [-0.15, -0.1) is 0 Å². The zero-order chi connectivity index (χ0) is 24.2. The highest BCUT2D eigenvalue weighted by Gasteiger charge is 2.18. The molecule has 3 heterocycles. The number of hydrogen-bond donors (Lipinski definition) is 2. The molecular formula is C27H28N6O2. The topological polar surface area (TPSA) is 92.2 Å². The van der Waals surface area contributed by atoms with Crippen molar-refractivity contribution in [2.75, 3.05) is 31.5 Å². The first-order valence-electron chi connectivity index (χ1n) is 11.9. The minimum atomic E-state index is -0.161. The van der Waals surface area contributed by atoms with Crippen LogP contribution in [0.5, 0.6) is 0 Å². The molecule has 2 aromatic heterocycles. The third-order valence-electron chi connectivity index (χ3n) is 6.42. The minimum Gasteiger partial charge on any atom is -0.349 e. The molecule has 1 fully saturated rings. The van der Waals surface area contributed by atoms with E-state index >= 15 is 0 Å². The SMILES string of the molecule is Cn1c(C(=O)NCCN2CCCC2)cc2c(-c3ccc(NC(=O)c4ccccc4)cc3)ncnc21. The summed E-state index contributed by atoms with van der Waals surface area (Å²) < 4.78 is 1.81. The maximum absolute atomic E-state index is 12.9. The molecule has 1 saturated heterocycles. The van der Waals surface area contributed by atoms with Crippen molar-refractivity contribution in [3.63, 3.8) is 0 Å². The number of nitrogens with zero attached hydrogens (tertiary/aromatic N) is 4. The number of amides is 2. The number of nitrogens with one attached hydrogen (secondary N) is 2.